The normalized spacial score (nSPS) is 25.2. The number of methoxy groups -OCH3 is 1. The third kappa shape index (κ3) is 12.5. The summed E-state index contributed by atoms with van der Waals surface area (Å²) in [5.41, 5.74) is 2.34. The van der Waals surface area contributed by atoms with Gasteiger partial charge in [-0.2, -0.15) is 0 Å². The average molecular weight is 889 g/mol. The SMILES string of the molecule is COC(=O)CC1[C@@H](OC(=O)c2ccccc2)C(COC(=O)c2ccccc2)O[C@@H](OC2[C@H](O)C(COCc3ccccc3)O[C@@H](C)[C@H]2OCc2ccccc2)[C@H]1OC(=O)c1ccccc1. The molecule has 0 amide bonds. The Morgan fingerprint density at radius 1 is 0.554 bits per heavy atom. The summed E-state index contributed by atoms with van der Waals surface area (Å²) in [6, 6.07) is 43.5. The smallest absolute Gasteiger partial charge is 0.338 e. The Morgan fingerprint density at radius 2 is 1.05 bits per heavy atom. The number of hydrogen-bond acceptors (Lipinski definition) is 14. The molecular weight excluding hydrogens is 837 g/mol. The summed E-state index contributed by atoms with van der Waals surface area (Å²) in [4.78, 5) is 54.7. The zero-order valence-electron chi connectivity index (χ0n) is 36.0. The second-order valence-electron chi connectivity index (χ2n) is 15.7. The van der Waals surface area contributed by atoms with Crippen LogP contribution in [0.5, 0.6) is 0 Å². The summed E-state index contributed by atoms with van der Waals surface area (Å²) in [6.07, 6.45) is -11.6. The Hall–Kier alpha value is -6.26. The summed E-state index contributed by atoms with van der Waals surface area (Å²) >= 11 is 0. The molecule has 2 heterocycles. The van der Waals surface area contributed by atoms with Crippen LogP contribution in [0.2, 0.25) is 0 Å². The van der Waals surface area contributed by atoms with Crippen LogP contribution in [0.25, 0.3) is 0 Å². The lowest BCUT2D eigenvalue weighted by Crippen LogP contribution is -2.64. The molecule has 2 aliphatic heterocycles. The highest BCUT2D eigenvalue weighted by Crippen LogP contribution is 2.38. The van der Waals surface area contributed by atoms with Crippen molar-refractivity contribution < 1.29 is 66.9 Å². The molecule has 4 unspecified atom stereocenters. The van der Waals surface area contributed by atoms with Gasteiger partial charge in [-0.3, -0.25) is 4.79 Å². The minimum atomic E-state index is -1.61. The van der Waals surface area contributed by atoms with E-state index < -0.39 is 97.9 Å². The van der Waals surface area contributed by atoms with Crippen molar-refractivity contribution >= 4 is 23.9 Å². The molecule has 0 saturated carbocycles. The van der Waals surface area contributed by atoms with Gasteiger partial charge in [-0.1, -0.05) is 115 Å². The van der Waals surface area contributed by atoms with Crippen molar-refractivity contribution in [3.63, 3.8) is 0 Å². The second kappa shape index (κ2) is 23.1. The molecule has 10 atom stereocenters. The molecule has 340 valence electrons. The Morgan fingerprint density at radius 3 is 1.58 bits per heavy atom. The standard InChI is InChI=1S/C51H52O14/c1-33-44(59-30-35-20-10-4-11-21-35)47(43(53)40(61-33)31-58-29-34-18-8-3-9-19-34)65-51-46(64-50(56)38-26-16-7-17-27-38)39(28-42(52)57-2)45(63-49(55)37-24-14-6-15-25-37)41(62-51)32-60-48(54)36-22-12-5-13-23-36/h3-27,33,39-41,43-47,51,53H,28-32H2,1-2H3/t33-,39?,40?,41?,43+,44+,45+,46-,47?,51-/m0/s1. The first kappa shape index (κ1) is 46.7. The summed E-state index contributed by atoms with van der Waals surface area (Å²) < 4.78 is 55.7. The van der Waals surface area contributed by atoms with Gasteiger partial charge in [0.05, 0.1) is 62.1 Å². The van der Waals surface area contributed by atoms with Gasteiger partial charge in [-0.05, 0) is 54.4 Å². The first-order valence-corrected chi connectivity index (χ1v) is 21.4. The molecule has 2 saturated heterocycles. The fourth-order valence-corrected chi connectivity index (χ4v) is 7.82. The number of aliphatic hydroxyl groups is 1. The summed E-state index contributed by atoms with van der Waals surface area (Å²) in [7, 11) is 1.19. The summed E-state index contributed by atoms with van der Waals surface area (Å²) in [5, 5.41) is 12.2. The maximum Gasteiger partial charge on any atom is 0.338 e. The molecule has 65 heavy (non-hydrogen) atoms. The topological polar surface area (TPSA) is 172 Å². The minimum Gasteiger partial charge on any atom is -0.469 e. The molecule has 0 radical (unpaired) electrons. The Kier molecular flexibility index (Phi) is 16.6. The third-order valence-electron chi connectivity index (χ3n) is 11.2. The maximum absolute atomic E-state index is 14.0. The van der Waals surface area contributed by atoms with Crippen LogP contribution in [-0.4, -0.2) is 104 Å². The highest BCUT2D eigenvalue weighted by Gasteiger charge is 2.55. The van der Waals surface area contributed by atoms with Crippen molar-refractivity contribution in [2.75, 3.05) is 20.3 Å². The van der Waals surface area contributed by atoms with E-state index in [-0.39, 0.29) is 36.5 Å². The van der Waals surface area contributed by atoms with Crippen molar-refractivity contribution in [3.05, 3.63) is 179 Å². The minimum absolute atomic E-state index is 0.0375. The van der Waals surface area contributed by atoms with E-state index in [9.17, 15) is 24.3 Å². The van der Waals surface area contributed by atoms with Gasteiger partial charge in [0.1, 0.15) is 43.2 Å². The third-order valence-corrected chi connectivity index (χ3v) is 11.2. The van der Waals surface area contributed by atoms with Crippen LogP contribution in [0.4, 0.5) is 0 Å². The van der Waals surface area contributed by atoms with Crippen LogP contribution in [0.1, 0.15) is 55.5 Å². The zero-order chi connectivity index (χ0) is 45.5. The van der Waals surface area contributed by atoms with Crippen molar-refractivity contribution in [3.8, 4) is 0 Å². The number of hydrogen-bond donors (Lipinski definition) is 1. The highest BCUT2D eigenvalue weighted by molar-refractivity contribution is 5.90. The molecule has 5 aromatic rings. The van der Waals surface area contributed by atoms with Gasteiger partial charge >= 0.3 is 23.9 Å². The predicted octanol–water partition coefficient (Wildman–Crippen LogP) is 6.53. The van der Waals surface area contributed by atoms with Crippen LogP contribution in [-0.2, 0) is 60.6 Å². The summed E-state index contributed by atoms with van der Waals surface area (Å²) in [6.45, 7) is 1.59. The molecule has 0 aromatic heterocycles. The molecule has 1 N–H and O–H groups in total. The van der Waals surface area contributed by atoms with Gasteiger partial charge in [0.25, 0.3) is 0 Å². The first-order chi connectivity index (χ1) is 31.7. The molecule has 0 spiro atoms. The van der Waals surface area contributed by atoms with E-state index in [2.05, 4.69) is 0 Å². The number of benzene rings is 5. The van der Waals surface area contributed by atoms with E-state index in [1.807, 2.05) is 60.7 Å². The number of ether oxygens (including phenoxy) is 9. The lowest BCUT2D eigenvalue weighted by atomic mass is 9.85. The molecule has 0 aliphatic carbocycles. The fraction of sp³-hybridized carbons (Fsp3) is 0.333. The van der Waals surface area contributed by atoms with Crippen LogP contribution in [0.3, 0.4) is 0 Å². The summed E-state index contributed by atoms with van der Waals surface area (Å²) in [5.74, 6) is -4.28. The van der Waals surface area contributed by atoms with Gasteiger partial charge in [-0.15, -0.1) is 0 Å². The van der Waals surface area contributed by atoms with E-state index in [0.717, 1.165) is 11.1 Å². The Bertz CT molecular complexity index is 2260. The van der Waals surface area contributed by atoms with E-state index in [1.54, 1.807) is 97.9 Å². The van der Waals surface area contributed by atoms with Crippen molar-refractivity contribution in [1.82, 2.24) is 0 Å². The van der Waals surface area contributed by atoms with E-state index in [0.29, 0.717) is 0 Å². The first-order valence-electron chi connectivity index (χ1n) is 21.4. The molecule has 2 aliphatic rings. The van der Waals surface area contributed by atoms with Crippen LogP contribution < -0.4 is 0 Å². The number of aliphatic hydroxyl groups excluding tert-OH is 1. The van der Waals surface area contributed by atoms with Crippen molar-refractivity contribution in [2.45, 2.75) is 81.7 Å². The molecule has 2 fully saturated rings. The molecule has 0 bridgehead atoms. The number of esters is 4. The van der Waals surface area contributed by atoms with Gasteiger partial charge in [-0.25, -0.2) is 14.4 Å². The van der Waals surface area contributed by atoms with Crippen molar-refractivity contribution in [1.29, 1.82) is 0 Å². The van der Waals surface area contributed by atoms with Crippen molar-refractivity contribution in [2.24, 2.45) is 5.92 Å². The monoisotopic (exact) mass is 888 g/mol. The largest absolute Gasteiger partial charge is 0.469 e. The molecule has 14 nitrogen and oxygen atoms in total. The number of carbonyl (C=O) groups excluding carboxylic acids is 4. The molecule has 5 aromatic carbocycles. The second-order valence-corrected chi connectivity index (χ2v) is 15.7. The molecular formula is C51H52O14. The molecule has 7 rings (SSSR count). The van der Waals surface area contributed by atoms with Crippen LogP contribution in [0.15, 0.2) is 152 Å². The number of carbonyl (C=O) groups is 4. The zero-order valence-corrected chi connectivity index (χ0v) is 36.0. The number of rotatable bonds is 18. The van der Waals surface area contributed by atoms with E-state index >= 15 is 0 Å². The van der Waals surface area contributed by atoms with Gasteiger partial charge < -0.3 is 47.7 Å². The quantitative estimate of drug-likeness (QED) is 0.0744. The van der Waals surface area contributed by atoms with Crippen LogP contribution in [0, 0.1) is 5.92 Å². The fourth-order valence-electron chi connectivity index (χ4n) is 7.82. The Labute approximate surface area is 377 Å². The Balaban J connectivity index is 1.26. The molecule has 14 heteroatoms. The highest BCUT2D eigenvalue weighted by atomic mass is 16.7. The van der Waals surface area contributed by atoms with Gasteiger partial charge in [0.2, 0.25) is 0 Å². The lowest BCUT2D eigenvalue weighted by Gasteiger charge is -2.49. The van der Waals surface area contributed by atoms with E-state index in [1.165, 1.54) is 7.11 Å². The maximum atomic E-state index is 14.0. The average Bonchev–Trinajstić information content (AvgIpc) is 3.35. The van der Waals surface area contributed by atoms with Crippen LogP contribution >= 0.6 is 0 Å². The van der Waals surface area contributed by atoms with Gasteiger partial charge in [0.15, 0.2) is 12.4 Å². The van der Waals surface area contributed by atoms with E-state index in [4.69, 9.17) is 42.6 Å². The predicted molar refractivity (Wildman–Crippen MR) is 233 cm³/mol. The lowest BCUT2D eigenvalue weighted by molar-refractivity contribution is -0.338. The van der Waals surface area contributed by atoms with Gasteiger partial charge in [0, 0.05) is 0 Å².